The summed E-state index contributed by atoms with van der Waals surface area (Å²) in [5.41, 5.74) is 7.51. The fraction of sp³-hybridized carbons (Fsp3) is 0.250. The van der Waals surface area contributed by atoms with Crippen LogP contribution in [0.15, 0.2) is 36.0 Å². The molecule has 5 heteroatoms. The molecular formula is C12H13ClN2OS. The van der Waals surface area contributed by atoms with Crippen LogP contribution in [0.3, 0.4) is 0 Å². The minimum absolute atomic E-state index is 0.0738. The first-order chi connectivity index (χ1) is 8.29. The zero-order valence-electron chi connectivity index (χ0n) is 9.17. The summed E-state index contributed by atoms with van der Waals surface area (Å²) in [6, 6.07) is 7.41. The molecule has 3 nitrogen and oxygen atoms in total. The smallest absolute Gasteiger partial charge is 0.138 e. The topological polar surface area (TPSA) is 48.1 Å². The molecule has 0 saturated heterocycles. The van der Waals surface area contributed by atoms with Crippen molar-refractivity contribution in [3.63, 3.8) is 0 Å². The predicted molar refractivity (Wildman–Crippen MR) is 70.7 cm³/mol. The van der Waals surface area contributed by atoms with Crippen LogP contribution in [0.2, 0.25) is 5.02 Å². The summed E-state index contributed by atoms with van der Waals surface area (Å²) in [5, 5.41) is 0.607. The molecule has 2 rings (SSSR count). The van der Waals surface area contributed by atoms with Gasteiger partial charge in [0.15, 0.2) is 0 Å². The van der Waals surface area contributed by atoms with Gasteiger partial charge in [-0.1, -0.05) is 23.7 Å². The van der Waals surface area contributed by atoms with E-state index in [9.17, 15) is 0 Å². The van der Waals surface area contributed by atoms with E-state index in [-0.39, 0.29) is 6.10 Å². The number of hydrogen-bond acceptors (Lipinski definition) is 4. The van der Waals surface area contributed by atoms with Gasteiger partial charge in [0.25, 0.3) is 0 Å². The molecule has 90 valence electrons. The molecule has 0 fully saturated rings. The summed E-state index contributed by atoms with van der Waals surface area (Å²) in [4.78, 5) is 5.19. The molecule has 0 aliphatic rings. The van der Waals surface area contributed by atoms with Crippen LogP contribution in [0.1, 0.15) is 4.88 Å². The number of halogens is 1. The summed E-state index contributed by atoms with van der Waals surface area (Å²) in [6.45, 7) is 0.448. The quantitative estimate of drug-likeness (QED) is 0.907. The van der Waals surface area contributed by atoms with Crippen molar-refractivity contribution in [1.29, 1.82) is 0 Å². The van der Waals surface area contributed by atoms with Crippen LogP contribution in [0.5, 0.6) is 5.75 Å². The first kappa shape index (κ1) is 12.4. The van der Waals surface area contributed by atoms with Crippen molar-refractivity contribution >= 4 is 22.9 Å². The van der Waals surface area contributed by atoms with E-state index in [1.807, 2.05) is 24.4 Å². The minimum Gasteiger partial charge on any atom is -0.487 e. The highest BCUT2D eigenvalue weighted by Gasteiger charge is 2.12. The molecule has 0 bridgehead atoms. The number of aromatic nitrogens is 1. The fourth-order valence-electron chi connectivity index (χ4n) is 1.46. The third kappa shape index (κ3) is 3.43. The van der Waals surface area contributed by atoms with Gasteiger partial charge in [0.2, 0.25) is 0 Å². The Morgan fingerprint density at radius 3 is 2.88 bits per heavy atom. The normalized spacial score (nSPS) is 12.4. The molecule has 2 N–H and O–H groups in total. The van der Waals surface area contributed by atoms with Crippen molar-refractivity contribution in [2.45, 2.75) is 12.5 Å². The van der Waals surface area contributed by atoms with E-state index >= 15 is 0 Å². The largest absolute Gasteiger partial charge is 0.487 e. The minimum atomic E-state index is -0.0738. The first-order valence-electron chi connectivity index (χ1n) is 5.28. The second kappa shape index (κ2) is 6.00. The van der Waals surface area contributed by atoms with E-state index < -0.39 is 0 Å². The molecule has 17 heavy (non-hydrogen) atoms. The van der Waals surface area contributed by atoms with E-state index in [0.29, 0.717) is 17.3 Å². The van der Waals surface area contributed by atoms with Crippen LogP contribution in [-0.4, -0.2) is 17.6 Å². The Morgan fingerprint density at radius 2 is 2.24 bits per heavy atom. The van der Waals surface area contributed by atoms with Crippen LogP contribution in [0, 0.1) is 0 Å². The van der Waals surface area contributed by atoms with E-state index in [0.717, 1.165) is 11.3 Å². The molecular weight excluding hydrogens is 256 g/mol. The van der Waals surface area contributed by atoms with E-state index in [1.165, 1.54) is 0 Å². The lowest BCUT2D eigenvalue weighted by molar-refractivity contribution is 0.211. The van der Waals surface area contributed by atoms with E-state index in [2.05, 4.69) is 4.98 Å². The summed E-state index contributed by atoms with van der Waals surface area (Å²) < 4.78 is 5.79. The van der Waals surface area contributed by atoms with Crippen molar-refractivity contribution in [2.75, 3.05) is 6.54 Å². The van der Waals surface area contributed by atoms with Gasteiger partial charge >= 0.3 is 0 Å². The van der Waals surface area contributed by atoms with E-state index in [1.54, 1.807) is 22.9 Å². The Balaban J connectivity index is 2.03. The molecule has 1 aromatic carbocycles. The molecule has 0 aliphatic heterocycles. The standard InChI is InChI=1S/C12H13ClN2OS/c13-11-3-1-2-4-12(11)16-9(6-14)5-10-7-15-8-17-10/h1-4,7-9H,5-6,14H2. The van der Waals surface area contributed by atoms with Crippen LogP contribution in [0.25, 0.3) is 0 Å². The molecule has 1 unspecified atom stereocenters. The van der Waals surface area contributed by atoms with Crippen LogP contribution >= 0.6 is 22.9 Å². The number of nitrogens with two attached hydrogens (primary N) is 1. The van der Waals surface area contributed by atoms with Gasteiger partial charge < -0.3 is 10.5 Å². The van der Waals surface area contributed by atoms with Crippen molar-refractivity contribution in [2.24, 2.45) is 5.73 Å². The maximum Gasteiger partial charge on any atom is 0.138 e. The zero-order chi connectivity index (χ0) is 12.1. The molecule has 0 radical (unpaired) electrons. The Hall–Kier alpha value is -1.10. The molecule has 2 aromatic rings. The van der Waals surface area contributed by atoms with Crippen molar-refractivity contribution < 1.29 is 4.74 Å². The molecule has 1 atom stereocenters. The van der Waals surface area contributed by atoms with Gasteiger partial charge in [-0.05, 0) is 12.1 Å². The third-order valence-electron chi connectivity index (χ3n) is 2.31. The average Bonchev–Trinajstić information content (AvgIpc) is 2.84. The number of rotatable bonds is 5. The number of hydrogen-bond donors (Lipinski definition) is 1. The van der Waals surface area contributed by atoms with E-state index in [4.69, 9.17) is 22.1 Å². The summed E-state index contributed by atoms with van der Waals surface area (Å²) in [6.07, 6.45) is 2.52. The maximum atomic E-state index is 6.03. The second-order valence-electron chi connectivity index (χ2n) is 3.58. The molecule has 1 aromatic heterocycles. The van der Waals surface area contributed by atoms with Gasteiger partial charge in [0.05, 0.1) is 10.5 Å². The highest BCUT2D eigenvalue weighted by atomic mass is 35.5. The lowest BCUT2D eigenvalue weighted by Gasteiger charge is -2.17. The van der Waals surface area contributed by atoms with Crippen LogP contribution < -0.4 is 10.5 Å². The first-order valence-corrected chi connectivity index (χ1v) is 6.54. The van der Waals surface area contributed by atoms with Gasteiger partial charge in [0, 0.05) is 24.0 Å². The Kier molecular flexibility index (Phi) is 4.36. The van der Waals surface area contributed by atoms with Gasteiger partial charge in [-0.15, -0.1) is 11.3 Å². The number of benzene rings is 1. The maximum absolute atomic E-state index is 6.03. The highest BCUT2D eigenvalue weighted by molar-refractivity contribution is 7.09. The monoisotopic (exact) mass is 268 g/mol. The lowest BCUT2D eigenvalue weighted by atomic mass is 10.2. The van der Waals surface area contributed by atoms with Gasteiger partial charge in [-0.25, -0.2) is 0 Å². The van der Waals surface area contributed by atoms with Crippen molar-refractivity contribution in [1.82, 2.24) is 4.98 Å². The van der Waals surface area contributed by atoms with Crippen molar-refractivity contribution in [3.05, 3.63) is 45.9 Å². The summed E-state index contributed by atoms with van der Waals surface area (Å²) in [5.74, 6) is 0.675. The molecule has 0 amide bonds. The van der Waals surface area contributed by atoms with Crippen molar-refractivity contribution in [3.8, 4) is 5.75 Å². The molecule has 1 heterocycles. The Bertz CT molecular complexity index is 461. The molecule has 0 saturated carbocycles. The van der Waals surface area contributed by atoms with Gasteiger partial charge in [0.1, 0.15) is 11.9 Å². The summed E-state index contributed by atoms with van der Waals surface area (Å²) >= 11 is 7.63. The number of para-hydroxylation sites is 1. The Labute approximate surface area is 109 Å². The lowest BCUT2D eigenvalue weighted by Crippen LogP contribution is -2.28. The summed E-state index contributed by atoms with van der Waals surface area (Å²) in [7, 11) is 0. The number of ether oxygens (including phenoxy) is 1. The SMILES string of the molecule is NCC(Cc1cncs1)Oc1ccccc1Cl. The average molecular weight is 269 g/mol. The number of thiazole rings is 1. The second-order valence-corrected chi connectivity index (χ2v) is 4.96. The van der Waals surface area contributed by atoms with Crippen LogP contribution in [0.4, 0.5) is 0 Å². The van der Waals surface area contributed by atoms with Gasteiger partial charge in [-0.2, -0.15) is 0 Å². The zero-order valence-corrected chi connectivity index (χ0v) is 10.7. The molecule has 0 aliphatic carbocycles. The highest BCUT2D eigenvalue weighted by Crippen LogP contribution is 2.25. The predicted octanol–water partition coefficient (Wildman–Crippen LogP) is 2.75. The third-order valence-corrected chi connectivity index (χ3v) is 3.42. The van der Waals surface area contributed by atoms with Gasteiger partial charge in [-0.3, -0.25) is 4.98 Å². The fourth-order valence-corrected chi connectivity index (χ4v) is 2.30. The number of nitrogens with zero attached hydrogens (tertiary/aromatic N) is 1. The van der Waals surface area contributed by atoms with Crippen LogP contribution in [-0.2, 0) is 6.42 Å². The molecule has 0 spiro atoms. The Morgan fingerprint density at radius 1 is 1.41 bits per heavy atom.